The predicted octanol–water partition coefficient (Wildman–Crippen LogP) is 6.89. The minimum absolute atomic E-state index is 0.0990. The second-order valence-electron chi connectivity index (χ2n) is 11.2. The molecular weight excluding hydrogens is 640 g/mol. The summed E-state index contributed by atoms with van der Waals surface area (Å²) in [5.74, 6) is 1.48. The van der Waals surface area contributed by atoms with Crippen LogP contribution in [0.1, 0.15) is 61.0 Å². The van der Waals surface area contributed by atoms with Gasteiger partial charge in [0.2, 0.25) is 17.7 Å². The number of anilines is 1. The lowest BCUT2D eigenvalue weighted by Crippen LogP contribution is -2.15. The molecule has 0 bridgehead atoms. The van der Waals surface area contributed by atoms with Crippen LogP contribution in [0, 0.1) is 0 Å². The van der Waals surface area contributed by atoms with Crippen LogP contribution >= 0.6 is 15.2 Å². The molecule has 2 rings (SSSR count). The zero-order chi connectivity index (χ0) is 34.2. The van der Waals surface area contributed by atoms with Crippen LogP contribution in [0.15, 0.2) is 30.3 Å². The highest BCUT2D eigenvalue weighted by molar-refractivity contribution is 7.53. The van der Waals surface area contributed by atoms with Crippen molar-refractivity contribution >= 4 is 21.1 Å². The van der Waals surface area contributed by atoms with E-state index in [1.807, 2.05) is 24.3 Å². The van der Waals surface area contributed by atoms with Crippen LogP contribution in [-0.2, 0) is 43.2 Å². The van der Waals surface area contributed by atoms with Gasteiger partial charge >= 0.3 is 15.2 Å². The first-order chi connectivity index (χ1) is 21.7. The van der Waals surface area contributed by atoms with Crippen molar-refractivity contribution in [2.75, 3.05) is 51.6 Å². The molecule has 0 spiro atoms. The molecule has 1 heterocycles. The van der Waals surface area contributed by atoms with Crippen LogP contribution in [0.4, 0.5) is 5.95 Å². The van der Waals surface area contributed by atoms with E-state index in [0.29, 0.717) is 6.54 Å². The number of nitrogens with zero attached hydrogens (tertiary/aromatic N) is 2. The van der Waals surface area contributed by atoms with E-state index in [1.54, 1.807) is 62.5 Å². The number of methoxy groups -OCH3 is 1. The molecule has 0 aliphatic heterocycles. The molecule has 0 fully saturated rings. The lowest BCUT2D eigenvalue weighted by molar-refractivity contribution is 0.0834. The van der Waals surface area contributed by atoms with Crippen LogP contribution in [0.5, 0.6) is 17.5 Å². The molecule has 1 aromatic heterocycles. The minimum Gasteiger partial charge on any atom is -0.497 e. The van der Waals surface area contributed by atoms with Gasteiger partial charge in [-0.3, -0.25) is 9.13 Å². The highest BCUT2D eigenvalue weighted by Gasteiger charge is 2.29. The van der Waals surface area contributed by atoms with Gasteiger partial charge in [-0.05, 0) is 73.1 Å². The fourth-order valence-corrected chi connectivity index (χ4v) is 7.39. The summed E-state index contributed by atoms with van der Waals surface area (Å²) in [4.78, 5) is 8.86. The molecule has 1 N–H and O–H groups in total. The van der Waals surface area contributed by atoms with Gasteiger partial charge in [0.25, 0.3) is 0 Å². The van der Waals surface area contributed by atoms with Gasteiger partial charge in [0.15, 0.2) is 0 Å². The molecular formula is C30H51N3O11P2. The van der Waals surface area contributed by atoms with Gasteiger partial charge < -0.3 is 47.1 Å². The van der Waals surface area contributed by atoms with Crippen molar-refractivity contribution in [3.05, 3.63) is 35.9 Å². The Kier molecular flexibility index (Phi) is 17.5. The molecule has 262 valence electrons. The molecule has 0 atom stereocenters. The maximum atomic E-state index is 13.0. The summed E-state index contributed by atoms with van der Waals surface area (Å²) in [6, 6.07) is 9.10. The predicted molar refractivity (Wildman–Crippen MR) is 175 cm³/mol. The van der Waals surface area contributed by atoms with Crippen molar-refractivity contribution in [3.63, 3.8) is 0 Å². The SMILES string of the molecule is COc1ccc(CNc2nc(OCCOCP(=O)(OC(C)C)OC(C)C)cc(OCCOCP(=O)(OC(C)C)OC(C)C)n2)cc1. The average molecular weight is 692 g/mol. The Morgan fingerprint density at radius 1 is 0.652 bits per heavy atom. The Bertz CT molecular complexity index is 1150. The number of benzene rings is 1. The largest absolute Gasteiger partial charge is 0.497 e. The second-order valence-corrected chi connectivity index (χ2v) is 15.0. The molecule has 0 saturated carbocycles. The van der Waals surface area contributed by atoms with Gasteiger partial charge in [-0.15, -0.1) is 0 Å². The molecule has 0 aliphatic carbocycles. The highest BCUT2D eigenvalue weighted by atomic mass is 31.2. The maximum Gasteiger partial charge on any atom is 0.356 e. The number of rotatable bonds is 24. The Labute approximate surface area is 273 Å². The summed E-state index contributed by atoms with van der Waals surface area (Å²) in [5.41, 5.74) is 0.980. The van der Waals surface area contributed by atoms with E-state index in [4.69, 9.17) is 41.8 Å². The van der Waals surface area contributed by atoms with Gasteiger partial charge in [0.1, 0.15) is 31.7 Å². The quantitative estimate of drug-likeness (QED) is 0.0897. The molecule has 16 heteroatoms. The van der Waals surface area contributed by atoms with Crippen LogP contribution in [0.25, 0.3) is 0 Å². The van der Waals surface area contributed by atoms with Crippen molar-refractivity contribution in [2.24, 2.45) is 0 Å². The van der Waals surface area contributed by atoms with Crippen molar-refractivity contribution in [1.82, 2.24) is 9.97 Å². The summed E-state index contributed by atoms with van der Waals surface area (Å²) >= 11 is 0. The summed E-state index contributed by atoms with van der Waals surface area (Å²) < 4.78 is 75.9. The third-order valence-electron chi connectivity index (χ3n) is 5.23. The van der Waals surface area contributed by atoms with Crippen LogP contribution in [0.3, 0.4) is 0 Å². The van der Waals surface area contributed by atoms with Gasteiger partial charge in [-0.2, -0.15) is 9.97 Å². The monoisotopic (exact) mass is 691 g/mol. The first-order valence-electron chi connectivity index (χ1n) is 15.3. The lowest BCUT2D eigenvalue weighted by atomic mass is 10.2. The van der Waals surface area contributed by atoms with E-state index in [-0.39, 0.29) is 81.2 Å². The first kappa shape index (κ1) is 39.9. The zero-order valence-electron chi connectivity index (χ0n) is 28.4. The fraction of sp³-hybridized carbons (Fsp3) is 0.667. The number of ether oxygens (including phenoxy) is 5. The Balaban J connectivity index is 2.01. The molecule has 1 aromatic carbocycles. The second kappa shape index (κ2) is 20.2. The molecule has 0 amide bonds. The first-order valence-corrected chi connectivity index (χ1v) is 18.7. The minimum atomic E-state index is -3.43. The van der Waals surface area contributed by atoms with Gasteiger partial charge in [-0.1, -0.05) is 12.1 Å². The van der Waals surface area contributed by atoms with E-state index in [9.17, 15) is 9.13 Å². The maximum absolute atomic E-state index is 13.0. The third kappa shape index (κ3) is 16.5. The number of hydrogen-bond donors (Lipinski definition) is 1. The summed E-state index contributed by atoms with van der Waals surface area (Å²) in [6.45, 7) is 15.1. The van der Waals surface area contributed by atoms with Crippen molar-refractivity contribution in [2.45, 2.75) is 86.4 Å². The smallest absolute Gasteiger partial charge is 0.356 e. The lowest BCUT2D eigenvalue weighted by Gasteiger charge is -2.22. The van der Waals surface area contributed by atoms with E-state index >= 15 is 0 Å². The summed E-state index contributed by atoms with van der Waals surface area (Å²) in [6.07, 6.45) is -1.57. The molecule has 2 aromatic rings. The van der Waals surface area contributed by atoms with Crippen LogP contribution in [-0.4, -0.2) is 80.6 Å². The fourth-order valence-electron chi connectivity index (χ4n) is 3.77. The zero-order valence-corrected chi connectivity index (χ0v) is 30.2. The van der Waals surface area contributed by atoms with E-state index in [0.717, 1.165) is 11.3 Å². The van der Waals surface area contributed by atoms with Crippen LogP contribution in [0.2, 0.25) is 0 Å². The standard InChI is InChI=1S/C30H51N3O11P2/c1-22(2)41-45(34,42-23(3)4)20-37-14-16-39-28-18-29(33-30(32-28)31-19-26-10-12-27(36-9)13-11-26)40-17-15-38-21-46(35,43-24(5)6)44-25(7)8/h10-13,18,22-25H,14-17,19-21H2,1-9H3,(H,31,32,33). The number of nitrogens with one attached hydrogen (secondary N) is 1. The van der Waals surface area contributed by atoms with Crippen molar-refractivity contribution in [3.8, 4) is 17.5 Å². The normalized spacial score (nSPS) is 12.4. The van der Waals surface area contributed by atoms with E-state index in [2.05, 4.69) is 15.3 Å². The van der Waals surface area contributed by atoms with Gasteiger partial charge in [0, 0.05) is 6.54 Å². The Morgan fingerprint density at radius 3 is 1.43 bits per heavy atom. The molecule has 14 nitrogen and oxygen atoms in total. The van der Waals surface area contributed by atoms with Crippen molar-refractivity contribution < 1.29 is 50.9 Å². The number of hydrogen-bond acceptors (Lipinski definition) is 14. The topological polar surface area (TPSA) is 155 Å². The summed E-state index contributed by atoms with van der Waals surface area (Å²) in [5, 5.41) is 3.17. The molecule has 0 radical (unpaired) electrons. The molecule has 46 heavy (non-hydrogen) atoms. The third-order valence-corrected chi connectivity index (χ3v) is 9.20. The Morgan fingerprint density at radius 2 is 1.07 bits per heavy atom. The highest BCUT2D eigenvalue weighted by Crippen LogP contribution is 2.51. The number of aromatic nitrogens is 2. The van der Waals surface area contributed by atoms with Gasteiger partial charge in [0.05, 0.1) is 50.8 Å². The van der Waals surface area contributed by atoms with Crippen molar-refractivity contribution in [1.29, 1.82) is 0 Å². The molecule has 0 unspecified atom stereocenters. The molecule has 0 saturated heterocycles. The van der Waals surface area contributed by atoms with Crippen LogP contribution < -0.4 is 19.5 Å². The van der Waals surface area contributed by atoms with Gasteiger partial charge in [-0.25, -0.2) is 0 Å². The van der Waals surface area contributed by atoms with E-state index < -0.39 is 15.2 Å². The Hall–Kier alpha value is -2.28. The summed E-state index contributed by atoms with van der Waals surface area (Å²) in [7, 11) is -5.26. The average Bonchev–Trinajstić information content (AvgIpc) is 2.94. The van der Waals surface area contributed by atoms with E-state index in [1.165, 1.54) is 6.07 Å². The molecule has 0 aliphatic rings.